The van der Waals surface area contributed by atoms with Crippen molar-refractivity contribution in [3.63, 3.8) is 0 Å². The van der Waals surface area contributed by atoms with E-state index in [1.54, 1.807) is 11.0 Å². The molecule has 0 aliphatic carbocycles. The lowest BCUT2D eigenvalue weighted by molar-refractivity contribution is 0.0640. The van der Waals surface area contributed by atoms with E-state index in [1.807, 2.05) is 15.7 Å². The number of nitrogens with one attached hydrogen (secondary N) is 1. The first-order chi connectivity index (χ1) is 12.9. The van der Waals surface area contributed by atoms with Crippen molar-refractivity contribution in [3.8, 4) is 0 Å². The number of carbonyl (C=O) groups is 1. The van der Waals surface area contributed by atoms with Gasteiger partial charge in [-0.3, -0.25) is 9.69 Å². The van der Waals surface area contributed by atoms with Gasteiger partial charge in [-0.25, -0.2) is 21.9 Å². The number of nitrogens with zero attached hydrogens (tertiary/aromatic N) is 2. The Hall–Kier alpha value is -1.88. The molecule has 1 N–H and O–H groups in total. The van der Waals surface area contributed by atoms with Crippen LogP contribution >= 0.6 is 11.3 Å². The molecule has 1 fully saturated rings. The zero-order valence-corrected chi connectivity index (χ0v) is 16.0. The van der Waals surface area contributed by atoms with Crippen molar-refractivity contribution >= 4 is 27.3 Å². The first kappa shape index (κ1) is 19.9. The van der Waals surface area contributed by atoms with E-state index >= 15 is 0 Å². The topological polar surface area (TPSA) is 69.7 Å². The highest BCUT2D eigenvalue weighted by molar-refractivity contribution is 7.89. The van der Waals surface area contributed by atoms with Gasteiger partial charge in [-0.15, -0.1) is 0 Å². The lowest BCUT2D eigenvalue weighted by Gasteiger charge is -2.34. The minimum atomic E-state index is -4.12. The Morgan fingerprint density at radius 2 is 1.89 bits per heavy atom. The molecule has 0 radical (unpaired) electrons. The summed E-state index contributed by atoms with van der Waals surface area (Å²) in [6.45, 7) is 2.82. The largest absolute Gasteiger partial charge is 0.336 e. The zero-order valence-electron chi connectivity index (χ0n) is 14.4. The maximum absolute atomic E-state index is 13.6. The fourth-order valence-electron chi connectivity index (χ4n) is 2.84. The summed E-state index contributed by atoms with van der Waals surface area (Å²) in [4.78, 5) is 15.4. The number of rotatable bonds is 6. The van der Waals surface area contributed by atoms with E-state index in [4.69, 9.17) is 0 Å². The van der Waals surface area contributed by atoms with E-state index < -0.39 is 26.6 Å². The van der Waals surface area contributed by atoms with Gasteiger partial charge in [0.05, 0.1) is 5.56 Å². The van der Waals surface area contributed by atoms with Crippen LogP contribution in [0.2, 0.25) is 0 Å². The maximum atomic E-state index is 13.6. The first-order valence-corrected chi connectivity index (χ1v) is 10.8. The van der Waals surface area contributed by atoms with Gasteiger partial charge in [0.2, 0.25) is 10.0 Å². The van der Waals surface area contributed by atoms with E-state index in [2.05, 4.69) is 4.72 Å². The van der Waals surface area contributed by atoms with Gasteiger partial charge in [0.15, 0.2) is 0 Å². The third kappa shape index (κ3) is 4.89. The molecule has 6 nitrogen and oxygen atoms in total. The molecule has 0 spiro atoms. The van der Waals surface area contributed by atoms with Gasteiger partial charge in [-0.2, -0.15) is 11.3 Å². The summed E-state index contributed by atoms with van der Waals surface area (Å²) < 4.78 is 53.4. The van der Waals surface area contributed by atoms with Crippen molar-refractivity contribution in [2.24, 2.45) is 0 Å². The summed E-state index contributed by atoms with van der Waals surface area (Å²) in [6, 6.07) is 4.10. The van der Waals surface area contributed by atoms with Crippen molar-refractivity contribution < 1.29 is 22.0 Å². The zero-order chi connectivity index (χ0) is 19.4. The van der Waals surface area contributed by atoms with Crippen LogP contribution in [-0.4, -0.2) is 63.4 Å². The minimum Gasteiger partial charge on any atom is -0.336 e. The molecule has 1 aliphatic rings. The van der Waals surface area contributed by atoms with E-state index in [-0.39, 0.29) is 12.5 Å². The number of amides is 1. The summed E-state index contributed by atoms with van der Waals surface area (Å²) in [5.41, 5.74) is 0.679. The molecule has 27 heavy (non-hydrogen) atoms. The van der Waals surface area contributed by atoms with E-state index in [9.17, 15) is 22.0 Å². The molecule has 146 valence electrons. The van der Waals surface area contributed by atoms with Gasteiger partial charge in [0.25, 0.3) is 5.91 Å². The van der Waals surface area contributed by atoms with E-state index in [0.29, 0.717) is 44.4 Å². The van der Waals surface area contributed by atoms with Crippen LogP contribution in [0.4, 0.5) is 8.78 Å². The van der Waals surface area contributed by atoms with Gasteiger partial charge in [0, 0.05) is 44.6 Å². The lowest BCUT2D eigenvalue weighted by atomic mass is 10.2. The molecule has 1 aromatic heterocycles. The number of hydrogen-bond donors (Lipinski definition) is 1. The molecule has 3 rings (SSSR count). The Morgan fingerprint density at radius 1 is 1.15 bits per heavy atom. The van der Waals surface area contributed by atoms with Crippen LogP contribution in [0, 0.1) is 11.6 Å². The summed E-state index contributed by atoms with van der Waals surface area (Å²) >= 11 is 1.47. The normalized spacial score (nSPS) is 15.9. The van der Waals surface area contributed by atoms with Crippen molar-refractivity contribution in [2.75, 3.05) is 39.3 Å². The predicted octanol–water partition coefficient (Wildman–Crippen LogP) is 1.76. The highest BCUT2D eigenvalue weighted by Crippen LogP contribution is 2.15. The number of piperazine rings is 1. The second-order valence-corrected chi connectivity index (χ2v) is 8.63. The number of halogens is 2. The van der Waals surface area contributed by atoms with Gasteiger partial charge in [0.1, 0.15) is 16.5 Å². The minimum absolute atomic E-state index is 0.00168. The van der Waals surface area contributed by atoms with Crippen LogP contribution in [0.5, 0.6) is 0 Å². The van der Waals surface area contributed by atoms with Crippen molar-refractivity contribution in [3.05, 3.63) is 52.2 Å². The van der Waals surface area contributed by atoms with E-state index in [1.165, 1.54) is 11.3 Å². The lowest BCUT2D eigenvalue weighted by Crippen LogP contribution is -2.50. The monoisotopic (exact) mass is 415 g/mol. The maximum Gasteiger partial charge on any atom is 0.254 e. The molecule has 0 atom stereocenters. The standard InChI is InChI=1S/C17H19F2N3O3S2/c18-14-1-2-15(19)16(11-14)27(24,25)20-4-5-21-6-8-22(9-7-21)17(23)13-3-10-26-12-13/h1-3,10-12,20H,4-9H2. The fourth-order valence-corrected chi connectivity index (χ4v) is 4.58. The summed E-state index contributed by atoms with van der Waals surface area (Å²) in [5, 5.41) is 3.67. The van der Waals surface area contributed by atoms with Crippen LogP contribution in [0.1, 0.15) is 10.4 Å². The van der Waals surface area contributed by atoms with Crippen LogP contribution < -0.4 is 4.72 Å². The van der Waals surface area contributed by atoms with Crippen molar-refractivity contribution in [1.29, 1.82) is 0 Å². The van der Waals surface area contributed by atoms with Crippen LogP contribution in [0.25, 0.3) is 0 Å². The van der Waals surface area contributed by atoms with Gasteiger partial charge in [-0.1, -0.05) is 0 Å². The molecule has 0 saturated carbocycles. The van der Waals surface area contributed by atoms with Gasteiger partial charge < -0.3 is 4.90 Å². The summed E-state index contributed by atoms with van der Waals surface area (Å²) in [7, 11) is -4.12. The number of hydrogen-bond acceptors (Lipinski definition) is 5. The molecule has 1 saturated heterocycles. The SMILES string of the molecule is O=C(c1ccsc1)N1CCN(CCNS(=O)(=O)c2cc(F)ccc2F)CC1. The molecule has 1 amide bonds. The second-order valence-electron chi connectivity index (χ2n) is 6.12. The molecule has 0 bridgehead atoms. The van der Waals surface area contributed by atoms with Gasteiger partial charge >= 0.3 is 0 Å². The Morgan fingerprint density at radius 3 is 2.56 bits per heavy atom. The second kappa shape index (κ2) is 8.42. The number of benzene rings is 1. The van der Waals surface area contributed by atoms with Crippen molar-refractivity contribution in [2.45, 2.75) is 4.90 Å². The Balaban J connectivity index is 1.48. The first-order valence-electron chi connectivity index (χ1n) is 8.35. The molecule has 2 heterocycles. The molecule has 1 aliphatic heterocycles. The highest BCUT2D eigenvalue weighted by Gasteiger charge is 2.23. The number of sulfonamides is 1. The Bertz CT molecular complexity index is 896. The highest BCUT2D eigenvalue weighted by atomic mass is 32.2. The predicted molar refractivity (Wildman–Crippen MR) is 98.2 cm³/mol. The molecule has 10 heteroatoms. The molecule has 1 aromatic carbocycles. The smallest absolute Gasteiger partial charge is 0.254 e. The molecule has 2 aromatic rings. The van der Waals surface area contributed by atoms with Crippen LogP contribution in [0.3, 0.4) is 0 Å². The van der Waals surface area contributed by atoms with E-state index in [0.717, 1.165) is 12.1 Å². The third-order valence-electron chi connectivity index (χ3n) is 4.33. The fraction of sp³-hybridized carbons (Fsp3) is 0.353. The van der Waals surface area contributed by atoms with Crippen molar-refractivity contribution in [1.82, 2.24) is 14.5 Å². The average Bonchev–Trinajstić information content (AvgIpc) is 3.18. The number of carbonyl (C=O) groups excluding carboxylic acids is 1. The summed E-state index contributed by atoms with van der Waals surface area (Å²) in [6.07, 6.45) is 0. The average molecular weight is 415 g/mol. The number of thiophene rings is 1. The summed E-state index contributed by atoms with van der Waals surface area (Å²) in [5.74, 6) is -1.81. The molecular formula is C17H19F2N3O3S2. The molecule has 0 unspecified atom stereocenters. The van der Waals surface area contributed by atoms with Crippen LogP contribution in [0.15, 0.2) is 39.9 Å². The quantitative estimate of drug-likeness (QED) is 0.781. The third-order valence-corrected chi connectivity index (χ3v) is 6.49. The Kier molecular flexibility index (Phi) is 6.20. The Labute approximate surface area is 160 Å². The van der Waals surface area contributed by atoms with Gasteiger partial charge in [-0.05, 0) is 29.6 Å². The van der Waals surface area contributed by atoms with Crippen LogP contribution in [-0.2, 0) is 10.0 Å². The molecular weight excluding hydrogens is 396 g/mol.